The fraction of sp³-hybridized carbons (Fsp3) is 0.312. The third-order valence-electron chi connectivity index (χ3n) is 8.73. The number of hydrogen-bond acceptors (Lipinski definition) is 8. The van der Waals surface area contributed by atoms with E-state index in [0.717, 1.165) is 22.3 Å². The summed E-state index contributed by atoms with van der Waals surface area (Å²) in [4.78, 5) is 44.0. The quantitative estimate of drug-likeness (QED) is 0.284. The molecular weight excluding hydrogens is 576 g/mol. The SMILES string of the molecule is NC(=O)OC1Cc2ccc(-c3cnc4c(=O)n(CC5(O)CCN(C(=O)c6ccnn6Cc6ccccc6)CC5)cnn34)cc2C1. The van der Waals surface area contributed by atoms with Gasteiger partial charge in [0, 0.05) is 37.7 Å². The number of imidazole rings is 1. The Kier molecular flexibility index (Phi) is 7.16. The summed E-state index contributed by atoms with van der Waals surface area (Å²) in [5.74, 6) is -0.141. The normalized spacial score (nSPS) is 17.4. The number of nitrogens with zero attached hydrogens (tertiary/aromatic N) is 7. The van der Waals surface area contributed by atoms with Crippen LogP contribution in [0.1, 0.15) is 40.0 Å². The maximum atomic E-state index is 13.4. The standard InChI is InChI=1S/C32H32N8O5/c33-31(43)45-25-15-22-6-7-23(14-24(22)16-25)27-17-34-28-30(42)38(20-36-40(27)28)19-32(44)9-12-37(13-10-32)29(41)26-8-11-35-39(26)18-21-4-2-1-3-5-21/h1-8,11,14,17,20,25,44H,9-10,12-13,15-16,18-19H2,(H2,33,43). The molecule has 1 fully saturated rings. The summed E-state index contributed by atoms with van der Waals surface area (Å²) in [6, 6.07) is 17.4. The van der Waals surface area contributed by atoms with Gasteiger partial charge in [-0.25, -0.2) is 14.3 Å². The van der Waals surface area contributed by atoms with E-state index >= 15 is 0 Å². The lowest BCUT2D eigenvalue weighted by molar-refractivity contribution is -0.0302. The van der Waals surface area contributed by atoms with Gasteiger partial charge >= 0.3 is 6.09 Å². The third kappa shape index (κ3) is 5.57. The first-order valence-electron chi connectivity index (χ1n) is 14.9. The molecule has 1 aliphatic heterocycles. The molecule has 1 saturated heterocycles. The van der Waals surface area contributed by atoms with Crippen molar-refractivity contribution in [3.63, 3.8) is 0 Å². The molecule has 3 N–H and O–H groups in total. The van der Waals surface area contributed by atoms with E-state index in [4.69, 9.17) is 10.5 Å². The van der Waals surface area contributed by atoms with E-state index in [2.05, 4.69) is 15.2 Å². The number of carbonyl (C=O) groups excluding carboxylic acids is 2. The summed E-state index contributed by atoms with van der Waals surface area (Å²) in [6.07, 6.45) is 5.32. The molecule has 45 heavy (non-hydrogen) atoms. The Labute approximate surface area is 257 Å². The van der Waals surface area contributed by atoms with Gasteiger partial charge in [-0.05, 0) is 41.7 Å². The van der Waals surface area contributed by atoms with E-state index in [1.54, 1.807) is 28.0 Å². The average Bonchev–Trinajstić information content (AvgIpc) is 3.77. The number of likely N-dealkylation sites (tertiary alicyclic amines) is 1. The predicted octanol–water partition coefficient (Wildman–Crippen LogP) is 2.03. The lowest BCUT2D eigenvalue weighted by atomic mass is 9.91. The molecule has 0 bridgehead atoms. The minimum absolute atomic E-state index is 0.0333. The van der Waals surface area contributed by atoms with Crippen molar-refractivity contribution in [1.29, 1.82) is 0 Å². The maximum Gasteiger partial charge on any atom is 0.404 e. The first-order chi connectivity index (χ1) is 21.8. The Morgan fingerprint density at radius 3 is 2.58 bits per heavy atom. The van der Waals surface area contributed by atoms with Gasteiger partial charge in [-0.15, -0.1) is 0 Å². The van der Waals surface area contributed by atoms with Crippen molar-refractivity contribution in [2.75, 3.05) is 13.1 Å². The number of nitrogens with two attached hydrogens (primary N) is 1. The molecule has 13 heteroatoms. The number of fused-ring (bicyclic) bond motifs is 2. The average molecular weight is 609 g/mol. The number of piperidine rings is 1. The van der Waals surface area contributed by atoms with E-state index < -0.39 is 11.7 Å². The highest BCUT2D eigenvalue weighted by Crippen LogP contribution is 2.30. The van der Waals surface area contributed by atoms with Gasteiger partial charge in [0.15, 0.2) is 0 Å². The number of aliphatic hydroxyl groups is 1. The number of aromatic nitrogens is 6. The van der Waals surface area contributed by atoms with Crippen molar-refractivity contribution in [1.82, 2.24) is 33.8 Å². The number of carbonyl (C=O) groups is 2. The Hall–Kier alpha value is -5.30. The van der Waals surface area contributed by atoms with Gasteiger partial charge in [0.25, 0.3) is 11.5 Å². The van der Waals surface area contributed by atoms with Crippen molar-refractivity contribution >= 4 is 17.6 Å². The van der Waals surface area contributed by atoms with Gasteiger partial charge in [0.05, 0.1) is 30.6 Å². The van der Waals surface area contributed by atoms with Gasteiger partial charge in [-0.2, -0.15) is 10.2 Å². The number of rotatable bonds is 7. The van der Waals surface area contributed by atoms with Crippen molar-refractivity contribution in [3.05, 3.63) is 106 Å². The van der Waals surface area contributed by atoms with Gasteiger partial charge in [-0.3, -0.25) is 18.8 Å². The van der Waals surface area contributed by atoms with Crippen LogP contribution in [0.4, 0.5) is 4.79 Å². The molecule has 2 amide bonds. The van der Waals surface area contributed by atoms with Crippen LogP contribution in [0.15, 0.2) is 78.1 Å². The lowest BCUT2D eigenvalue weighted by Gasteiger charge is -2.38. The van der Waals surface area contributed by atoms with Gasteiger partial charge in [0.2, 0.25) is 5.65 Å². The van der Waals surface area contributed by atoms with Crippen LogP contribution < -0.4 is 11.3 Å². The molecule has 230 valence electrons. The summed E-state index contributed by atoms with van der Waals surface area (Å²) in [5.41, 5.74) is 8.89. The van der Waals surface area contributed by atoms with E-state index in [9.17, 15) is 19.5 Å². The second kappa shape index (κ2) is 11.3. The van der Waals surface area contributed by atoms with Crippen LogP contribution in [0.25, 0.3) is 16.9 Å². The molecule has 3 aromatic heterocycles. The molecular formula is C32H32N8O5. The second-order valence-electron chi connectivity index (χ2n) is 11.8. The monoisotopic (exact) mass is 608 g/mol. The van der Waals surface area contributed by atoms with Crippen molar-refractivity contribution in [2.24, 2.45) is 5.73 Å². The highest BCUT2D eigenvalue weighted by molar-refractivity contribution is 5.92. The molecule has 1 aliphatic carbocycles. The zero-order valence-corrected chi connectivity index (χ0v) is 24.5. The number of benzene rings is 2. The molecule has 0 radical (unpaired) electrons. The summed E-state index contributed by atoms with van der Waals surface area (Å²) in [6.45, 7) is 1.20. The van der Waals surface area contributed by atoms with Crippen LogP contribution in [0.3, 0.4) is 0 Å². The Morgan fingerprint density at radius 1 is 1.02 bits per heavy atom. The predicted molar refractivity (Wildman–Crippen MR) is 162 cm³/mol. The highest BCUT2D eigenvalue weighted by Gasteiger charge is 2.36. The molecule has 2 aliphatic rings. The molecule has 4 heterocycles. The summed E-state index contributed by atoms with van der Waals surface area (Å²) >= 11 is 0. The molecule has 2 aromatic carbocycles. The highest BCUT2D eigenvalue weighted by atomic mass is 16.6. The fourth-order valence-corrected chi connectivity index (χ4v) is 6.36. The largest absolute Gasteiger partial charge is 0.446 e. The van der Waals surface area contributed by atoms with Crippen LogP contribution in [-0.2, 0) is 30.7 Å². The molecule has 0 spiro atoms. The molecule has 1 atom stereocenters. The van der Waals surface area contributed by atoms with Crippen molar-refractivity contribution in [3.8, 4) is 11.3 Å². The Balaban J connectivity index is 1.03. The fourth-order valence-electron chi connectivity index (χ4n) is 6.36. The molecule has 7 rings (SSSR count). The van der Waals surface area contributed by atoms with Crippen LogP contribution in [0.2, 0.25) is 0 Å². The van der Waals surface area contributed by atoms with Gasteiger partial charge in [0.1, 0.15) is 18.1 Å². The van der Waals surface area contributed by atoms with Crippen LogP contribution in [0.5, 0.6) is 0 Å². The van der Waals surface area contributed by atoms with Crippen molar-refractivity contribution < 1.29 is 19.4 Å². The summed E-state index contributed by atoms with van der Waals surface area (Å²) < 4.78 is 9.74. The minimum atomic E-state index is -1.19. The lowest BCUT2D eigenvalue weighted by Crippen LogP contribution is -2.50. The van der Waals surface area contributed by atoms with E-state index in [-0.39, 0.29) is 29.8 Å². The summed E-state index contributed by atoms with van der Waals surface area (Å²) in [7, 11) is 0. The number of amides is 2. The number of ether oxygens (including phenoxy) is 1. The zero-order chi connectivity index (χ0) is 31.1. The van der Waals surface area contributed by atoms with Crippen LogP contribution in [-0.4, -0.2) is 75.7 Å². The minimum Gasteiger partial charge on any atom is -0.446 e. The topological polar surface area (TPSA) is 163 Å². The van der Waals surface area contributed by atoms with Crippen LogP contribution in [0, 0.1) is 0 Å². The number of hydrogen-bond donors (Lipinski definition) is 2. The van der Waals surface area contributed by atoms with E-state index in [1.165, 1.54) is 15.4 Å². The summed E-state index contributed by atoms with van der Waals surface area (Å²) in [5, 5.41) is 20.3. The van der Waals surface area contributed by atoms with Gasteiger partial charge < -0.3 is 20.5 Å². The Bertz CT molecular complexity index is 1960. The zero-order valence-electron chi connectivity index (χ0n) is 24.5. The molecule has 0 saturated carbocycles. The number of primary amides is 1. The van der Waals surface area contributed by atoms with Gasteiger partial charge in [-0.1, -0.05) is 42.5 Å². The molecule has 5 aromatic rings. The van der Waals surface area contributed by atoms with E-state index in [0.29, 0.717) is 56.7 Å². The Morgan fingerprint density at radius 2 is 1.80 bits per heavy atom. The smallest absolute Gasteiger partial charge is 0.404 e. The molecule has 13 nitrogen and oxygen atoms in total. The van der Waals surface area contributed by atoms with Crippen LogP contribution >= 0.6 is 0 Å². The second-order valence-corrected chi connectivity index (χ2v) is 11.8. The van der Waals surface area contributed by atoms with E-state index in [1.807, 2.05) is 48.5 Å². The third-order valence-corrected chi connectivity index (χ3v) is 8.73. The van der Waals surface area contributed by atoms with Crippen molar-refractivity contribution in [2.45, 2.75) is 50.5 Å². The first-order valence-corrected chi connectivity index (χ1v) is 14.9. The first kappa shape index (κ1) is 28.5. The molecule has 1 unspecified atom stereocenters. The maximum absolute atomic E-state index is 13.4.